The van der Waals surface area contributed by atoms with Gasteiger partial charge in [-0.05, 0) is 32.0 Å². The van der Waals surface area contributed by atoms with Gasteiger partial charge in [-0.25, -0.2) is 0 Å². The van der Waals surface area contributed by atoms with Crippen LogP contribution in [0.2, 0.25) is 5.02 Å². The van der Waals surface area contributed by atoms with Crippen molar-refractivity contribution in [1.29, 1.82) is 0 Å². The lowest BCUT2D eigenvalue weighted by atomic mass is 10.1. The van der Waals surface area contributed by atoms with E-state index >= 15 is 0 Å². The van der Waals surface area contributed by atoms with Gasteiger partial charge in [-0.1, -0.05) is 11.6 Å². The van der Waals surface area contributed by atoms with E-state index in [0.29, 0.717) is 13.1 Å². The van der Waals surface area contributed by atoms with E-state index in [0.717, 1.165) is 17.0 Å². The molecule has 1 aromatic rings. The van der Waals surface area contributed by atoms with Crippen molar-refractivity contribution in [3.63, 3.8) is 0 Å². The molecule has 24 heavy (non-hydrogen) atoms. The highest BCUT2D eigenvalue weighted by atomic mass is 35.5. The summed E-state index contributed by atoms with van der Waals surface area (Å²) in [4.78, 5) is 26.6. The van der Waals surface area contributed by atoms with Crippen LogP contribution in [-0.2, 0) is 15.8 Å². The predicted molar refractivity (Wildman–Crippen MR) is 87.0 cm³/mol. The van der Waals surface area contributed by atoms with E-state index in [1.807, 2.05) is 13.8 Å². The highest BCUT2D eigenvalue weighted by Gasteiger charge is 2.34. The maximum Gasteiger partial charge on any atom is 0.417 e. The number of anilines is 1. The van der Waals surface area contributed by atoms with Crippen molar-refractivity contribution < 1.29 is 22.8 Å². The lowest BCUT2D eigenvalue weighted by Gasteiger charge is -2.24. The van der Waals surface area contributed by atoms with Crippen LogP contribution < -0.4 is 4.90 Å². The zero-order valence-corrected chi connectivity index (χ0v) is 14.5. The monoisotopic (exact) mass is 364 g/mol. The van der Waals surface area contributed by atoms with Gasteiger partial charge in [0.2, 0.25) is 11.8 Å². The fourth-order valence-electron chi connectivity index (χ4n) is 2.31. The third kappa shape index (κ3) is 5.12. The minimum absolute atomic E-state index is 0.00357. The molecule has 0 spiro atoms. The second-order valence-corrected chi connectivity index (χ2v) is 5.56. The van der Waals surface area contributed by atoms with E-state index in [9.17, 15) is 22.8 Å². The minimum Gasteiger partial charge on any atom is -0.343 e. The van der Waals surface area contributed by atoms with Gasteiger partial charge in [0.15, 0.2) is 0 Å². The second kappa shape index (κ2) is 8.37. The number of hydrogen-bond donors (Lipinski definition) is 0. The average Bonchev–Trinajstić information content (AvgIpc) is 2.48. The van der Waals surface area contributed by atoms with Crippen molar-refractivity contribution in [1.82, 2.24) is 4.90 Å². The van der Waals surface area contributed by atoms with E-state index in [-0.39, 0.29) is 24.6 Å². The molecule has 134 valence electrons. The smallest absolute Gasteiger partial charge is 0.343 e. The lowest BCUT2D eigenvalue weighted by molar-refractivity contribution is -0.137. The molecule has 0 heterocycles. The number of benzene rings is 1. The van der Waals surface area contributed by atoms with E-state index in [1.54, 1.807) is 4.90 Å². The van der Waals surface area contributed by atoms with Gasteiger partial charge in [0, 0.05) is 38.7 Å². The quantitative estimate of drug-likeness (QED) is 0.766. The summed E-state index contributed by atoms with van der Waals surface area (Å²) < 4.78 is 38.9. The van der Waals surface area contributed by atoms with Crippen LogP contribution >= 0.6 is 11.6 Å². The molecule has 1 rings (SSSR count). The standard InChI is InChI=1S/C16H20ClF3N2O2/c1-4-21(5-2)15(24)8-9-22(11(3)23)12-6-7-14(17)13(10-12)16(18,19)20/h6-7,10H,4-5,8-9H2,1-3H3. The Kier molecular flexibility index (Phi) is 7.08. The Balaban J connectivity index is 3.02. The summed E-state index contributed by atoms with van der Waals surface area (Å²) >= 11 is 5.59. The van der Waals surface area contributed by atoms with Crippen molar-refractivity contribution in [2.24, 2.45) is 0 Å². The molecule has 0 fully saturated rings. The second-order valence-electron chi connectivity index (χ2n) is 5.15. The lowest BCUT2D eigenvalue weighted by Crippen LogP contribution is -2.36. The van der Waals surface area contributed by atoms with Crippen LogP contribution in [0.5, 0.6) is 0 Å². The SMILES string of the molecule is CCN(CC)C(=O)CCN(C(C)=O)c1ccc(Cl)c(C(F)(F)F)c1. The highest BCUT2D eigenvalue weighted by Crippen LogP contribution is 2.37. The van der Waals surface area contributed by atoms with Gasteiger partial charge < -0.3 is 9.80 Å². The van der Waals surface area contributed by atoms with E-state index in [4.69, 9.17) is 11.6 Å². The molecule has 4 nitrogen and oxygen atoms in total. The normalized spacial score (nSPS) is 11.3. The van der Waals surface area contributed by atoms with Crippen molar-refractivity contribution in [2.75, 3.05) is 24.5 Å². The first-order valence-electron chi connectivity index (χ1n) is 7.54. The number of carbonyl (C=O) groups excluding carboxylic acids is 2. The van der Waals surface area contributed by atoms with Gasteiger partial charge in [0.05, 0.1) is 10.6 Å². The fraction of sp³-hybridized carbons (Fsp3) is 0.500. The Bertz CT molecular complexity index is 601. The summed E-state index contributed by atoms with van der Waals surface area (Å²) in [5, 5.41) is -0.436. The number of hydrogen-bond acceptors (Lipinski definition) is 2. The van der Waals surface area contributed by atoms with Crippen molar-refractivity contribution in [2.45, 2.75) is 33.4 Å². The molecule has 0 aromatic heterocycles. The molecule has 0 atom stereocenters. The topological polar surface area (TPSA) is 40.6 Å². The molecule has 1 aromatic carbocycles. The summed E-state index contributed by atoms with van der Waals surface area (Å²) in [6, 6.07) is 3.26. The predicted octanol–water partition coefficient (Wildman–Crippen LogP) is 3.97. The molecule has 0 radical (unpaired) electrons. The number of alkyl halides is 3. The van der Waals surface area contributed by atoms with Crippen LogP contribution in [0, 0.1) is 0 Å². The number of rotatable bonds is 6. The Hall–Kier alpha value is -1.76. The summed E-state index contributed by atoms with van der Waals surface area (Å²) in [6.45, 7) is 5.98. The third-order valence-electron chi connectivity index (χ3n) is 3.61. The zero-order chi connectivity index (χ0) is 18.5. The minimum atomic E-state index is -4.62. The number of amides is 2. The van der Waals surface area contributed by atoms with Crippen molar-refractivity contribution in [3.05, 3.63) is 28.8 Å². The van der Waals surface area contributed by atoms with Gasteiger partial charge in [-0.3, -0.25) is 9.59 Å². The summed E-state index contributed by atoms with van der Waals surface area (Å²) in [6.07, 6.45) is -4.59. The molecule has 0 saturated carbocycles. The molecule has 8 heteroatoms. The van der Waals surface area contributed by atoms with Crippen LogP contribution in [0.3, 0.4) is 0 Å². The van der Waals surface area contributed by atoms with Crippen LogP contribution in [-0.4, -0.2) is 36.3 Å². The molecule has 0 aliphatic carbocycles. The Labute approximate surface area is 144 Å². The van der Waals surface area contributed by atoms with E-state index < -0.39 is 22.7 Å². The molecular weight excluding hydrogens is 345 g/mol. The van der Waals surface area contributed by atoms with E-state index in [1.165, 1.54) is 13.0 Å². The average molecular weight is 365 g/mol. The Morgan fingerprint density at radius 3 is 2.21 bits per heavy atom. The number of carbonyl (C=O) groups is 2. The van der Waals surface area contributed by atoms with Crippen LogP contribution in [0.1, 0.15) is 32.8 Å². The van der Waals surface area contributed by atoms with Gasteiger partial charge in [-0.2, -0.15) is 13.2 Å². The first-order chi connectivity index (χ1) is 11.1. The highest BCUT2D eigenvalue weighted by molar-refractivity contribution is 6.31. The van der Waals surface area contributed by atoms with Crippen molar-refractivity contribution in [3.8, 4) is 0 Å². The molecule has 2 amide bonds. The molecule has 0 unspecified atom stereocenters. The van der Waals surface area contributed by atoms with Gasteiger partial charge in [0.1, 0.15) is 0 Å². The molecule has 0 aliphatic rings. The molecular formula is C16H20ClF3N2O2. The first-order valence-corrected chi connectivity index (χ1v) is 7.92. The first kappa shape index (κ1) is 20.3. The molecule has 0 aliphatic heterocycles. The third-order valence-corrected chi connectivity index (χ3v) is 3.94. The molecule has 0 bridgehead atoms. The van der Waals surface area contributed by atoms with E-state index in [2.05, 4.69) is 0 Å². The summed E-state index contributed by atoms with van der Waals surface area (Å²) in [5.74, 6) is -0.603. The fourth-order valence-corrected chi connectivity index (χ4v) is 2.53. The largest absolute Gasteiger partial charge is 0.417 e. The summed E-state index contributed by atoms with van der Waals surface area (Å²) in [5.41, 5.74) is -0.949. The summed E-state index contributed by atoms with van der Waals surface area (Å²) in [7, 11) is 0. The van der Waals surface area contributed by atoms with Crippen LogP contribution in [0.4, 0.5) is 18.9 Å². The van der Waals surface area contributed by atoms with Gasteiger partial charge in [-0.15, -0.1) is 0 Å². The van der Waals surface area contributed by atoms with Crippen molar-refractivity contribution >= 4 is 29.1 Å². The van der Waals surface area contributed by atoms with Crippen LogP contribution in [0.25, 0.3) is 0 Å². The maximum absolute atomic E-state index is 13.0. The van der Waals surface area contributed by atoms with Gasteiger partial charge in [0.25, 0.3) is 0 Å². The maximum atomic E-state index is 13.0. The number of halogens is 4. The molecule has 0 saturated heterocycles. The zero-order valence-electron chi connectivity index (χ0n) is 13.8. The van der Waals surface area contributed by atoms with Crippen LogP contribution in [0.15, 0.2) is 18.2 Å². The van der Waals surface area contributed by atoms with Gasteiger partial charge >= 0.3 is 6.18 Å². The number of nitrogens with zero attached hydrogens (tertiary/aromatic N) is 2. The molecule has 0 N–H and O–H groups in total. The Morgan fingerprint density at radius 2 is 1.75 bits per heavy atom. The Morgan fingerprint density at radius 1 is 1.17 bits per heavy atom.